The molecule has 0 radical (unpaired) electrons. The highest BCUT2D eigenvalue weighted by atomic mass is 35.5. The lowest BCUT2D eigenvalue weighted by atomic mass is 10.2. The van der Waals surface area contributed by atoms with E-state index < -0.39 is 15.9 Å². The first-order valence-electron chi connectivity index (χ1n) is 8.55. The van der Waals surface area contributed by atoms with Gasteiger partial charge in [-0.15, -0.1) is 11.3 Å². The van der Waals surface area contributed by atoms with Crippen LogP contribution in [0.3, 0.4) is 0 Å². The third kappa shape index (κ3) is 4.11. The van der Waals surface area contributed by atoms with E-state index in [1.165, 1.54) is 21.7 Å². The van der Waals surface area contributed by atoms with E-state index in [0.717, 1.165) is 24.1 Å². The standard InChI is InChI=1S/C18H21ClN2O3S2/c1-13(15-9-10-17(19)25-15)20-18(22)14-7-3-4-8-16(14)26(23,24)21-11-5-2-6-12-21/h3-4,7-10,13H,2,5-6,11-12H2,1H3,(H,20,22). The number of rotatable bonds is 5. The van der Waals surface area contributed by atoms with Gasteiger partial charge in [-0.25, -0.2) is 8.42 Å². The van der Waals surface area contributed by atoms with Crippen molar-refractivity contribution in [1.29, 1.82) is 0 Å². The van der Waals surface area contributed by atoms with Gasteiger partial charge in [-0.3, -0.25) is 4.79 Å². The SMILES string of the molecule is CC(NC(=O)c1ccccc1S(=O)(=O)N1CCCCC1)c1ccc(Cl)s1. The van der Waals surface area contributed by atoms with E-state index in [1.54, 1.807) is 24.3 Å². The zero-order chi connectivity index (χ0) is 18.7. The molecule has 1 aromatic carbocycles. The minimum atomic E-state index is -3.68. The predicted molar refractivity (Wildman–Crippen MR) is 104 cm³/mol. The summed E-state index contributed by atoms with van der Waals surface area (Å²) in [6.07, 6.45) is 2.74. The van der Waals surface area contributed by atoms with Gasteiger partial charge in [0, 0.05) is 18.0 Å². The molecule has 2 heterocycles. The Bertz CT molecular complexity index is 889. The van der Waals surface area contributed by atoms with Gasteiger partial charge in [-0.05, 0) is 44.0 Å². The highest BCUT2D eigenvalue weighted by molar-refractivity contribution is 7.89. The quantitative estimate of drug-likeness (QED) is 0.804. The van der Waals surface area contributed by atoms with Crippen LogP contribution < -0.4 is 5.32 Å². The van der Waals surface area contributed by atoms with Crippen molar-refractivity contribution >= 4 is 38.9 Å². The van der Waals surface area contributed by atoms with Crippen LogP contribution in [0.1, 0.15) is 47.5 Å². The van der Waals surface area contributed by atoms with E-state index >= 15 is 0 Å². The van der Waals surface area contributed by atoms with Crippen LogP contribution in [0.2, 0.25) is 4.34 Å². The largest absolute Gasteiger partial charge is 0.345 e. The van der Waals surface area contributed by atoms with E-state index in [0.29, 0.717) is 17.4 Å². The van der Waals surface area contributed by atoms with Gasteiger partial charge in [-0.1, -0.05) is 30.2 Å². The number of sulfonamides is 1. The van der Waals surface area contributed by atoms with Gasteiger partial charge in [-0.2, -0.15) is 4.31 Å². The van der Waals surface area contributed by atoms with Crippen LogP contribution in [-0.2, 0) is 10.0 Å². The molecule has 1 amide bonds. The second-order valence-corrected chi connectivity index (χ2v) is 9.95. The van der Waals surface area contributed by atoms with Gasteiger partial charge in [0.25, 0.3) is 5.91 Å². The number of thiophene rings is 1. The number of piperidine rings is 1. The van der Waals surface area contributed by atoms with Gasteiger partial charge in [0.2, 0.25) is 10.0 Å². The molecular weight excluding hydrogens is 392 g/mol. The highest BCUT2D eigenvalue weighted by Gasteiger charge is 2.30. The Kier molecular flexibility index (Phi) is 6.02. The van der Waals surface area contributed by atoms with Crippen LogP contribution in [0.5, 0.6) is 0 Å². The molecule has 0 spiro atoms. The fourth-order valence-electron chi connectivity index (χ4n) is 3.03. The molecule has 1 aliphatic rings. The minimum absolute atomic E-state index is 0.0656. The number of nitrogens with zero attached hydrogens (tertiary/aromatic N) is 1. The van der Waals surface area contributed by atoms with Gasteiger partial charge in [0.15, 0.2) is 0 Å². The smallest absolute Gasteiger partial charge is 0.253 e. The summed E-state index contributed by atoms with van der Waals surface area (Å²) in [7, 11) is -3.68. The molecule has 1 aromatic heterocycles. The second kappa shape index (κ2) is 8.08. The summed E-state index contributed by atoms with van der Waals surface area (Å²) in [4.78, 5) is 13.7. The number of hydrogen-bond donors (Lipinski definition) is 1. The number of benzene rings is 1. The summed E-state index contributed by atoms with van der Waals surface area (Å²) in [5.74, 6) is -0.404. The number of halogens is 1. The van der Waals surface area contributed by atoms with Crippen molar-refractivity contribution < 1.29 is 13.2 Å². The Morgan fingerprint density at radius 2 is 1.85 bits per heavy atom. The highest BCUT2D eigenvalue weighted by Crippen LogP contribution is 2.28. The molecular formula is C18H21ClN2O3S2. The average Bonchev–Trinajstić information content (AvgIpc) is 3.09. The first-order chi connectivity index (χ1) is 12.4. The van der Waals surface area contributed by atoms with Crippen LogP contribution in [0, 0.1) is 0 Å². The number of carbonyl (C=O) groups is 1. The molecule has 1 atom stereocenters. The summed E-state index contributed by atoms with van der Waals surface area (Å²) >= 11 is 7.34. The van der Waals surface area contributed by atoms with Crippen LogP contribution in [-0.4, -0.2) is 31.7 Å². The summed E-state index contributed by atoms with van der Waals surface area (Å²) < 4.78 is 28.1. The maximum absolute atomic E-state index is 13.0. The fraction of sp³-hybridized carbons (Fsp3) is 0.389. The normalized spacial score (nSPS) is 17.0. The molecule has 1 saturated heterocycles. The Morgan fingerprint density at radius 1 is 1.15 bits per heavy atom. The summed E-state index contributed by atoms with van der Waals surface area (Å²) in [5, 5.41) is 2.87. The number of nitrogens with one attached hydrogen (secondary N) is 1. The maximum atomic E-state index is 13.0. The zero-order valence-corrected chi connectivity index (χ0v) is 16.8. The third-order valence-corrected chi connectivity index (χ3v) is 7.80. The van der Waals surface area contributed by atoms with Gasteiger partial charge < -0.3 is 5.32 Å². The molecule has 0 saturated carbocycles. The molecule has 3 rings (SSSR count). The molecule has 0 bridgehead atoms. The van der Waals surface area contributed by atoms with E-state index in [4.69, 9.17) is 11.6 Å². The molecule has 1 N–H and O–H groups in total. The first kappa shape index (κ1) is 19.4. The predicted octanol–water partition coefficient (Wildman–Crippen LogP) is 4.07. The van der Waals surface area contributed by atoms with Crippen molar-refractivity contribution in [3.63, 3.8) is 0 Å². The molecule has 26 heavy (non-hydrogen) atoms. The summed E-state index contributed by atoms with van der Waals surface area (Å²) in [6.45, 7) is 2.85. The molecule has 0 aliphatic carbocycles. The molecule has 1 fully saturated rings. The Morgan fingerprint density at radius 3 is 2.50 bits per heavy atom. The van der Waals surface area contributed by atoms with Gasteiger partial charge in [0.1, 0.15) is 0 Å². The Balaban J connectivity index is 1.85. The van der Waals surface area contributed by atoms with Crippen molar-refractivity contribution in [2.75, 3.05) is 13.1 Å². The topological polar surface area (TPSA) is 66.5 Å². The molecule has 2 aromatic rings. The number of carbonyl (C=O) groups excluding carboxylic acids is 1. The molecule has 1 aliphatic heterocycles. The Labute approximate surface area is 163 Å². The van der Waals surface area contributed by atoms with E-state index in [9.17, 15) is 13.2 Å². The van der Waals surface area contributed by atoms with Crippen molar-refractivity contribution in [2.45, 2.75) is 37.1 Å². The summed E-state index contributed by atoms with van der Waals surface area (Å²) in [6, 6.07) is 9.76. The van der Waals surface area contributed by atoms with E-state index in [2.05, 4.69) is 5.32 Å². The average molecular weight is 413 g/mol. The molecule has 8 heteroatoms. The van der Waals surface area contributed by atoms with E-state index in [-0.39, 0.29) is 16.5 Å². The van der Waals surface area contributed by atoms with E-state index in [1.807, 2.05) is 13.0 Å². The van der Waals surface area contributed by atoms with Crippen molar-refractivity contribution in [3.05, 3.63) is 51.2 Å². The lowest BCUT2D eigenvalue weighted by Crippen LogP contribution is -2.37. The maximum Gasteiger partial charge on any atom is 0.253 e. The second-order valence-electron chi connectivity index (χ2n) is 6.30. The molecule has 5 nitrogen and oxygen atoms in total. The van der Waals surface area contributed by atoms with Crippen LogP contribution in [0.4, 0.5) is 0 Å². The third-order valence-electron chi connectivity index (χ3n) is 4.43. The number of amides is 1. The minimum Gasteiger partial charge on any atom is -0.345 e. The fourth-order valence-corrected chi connectivity index (χ4v) is 5.80. The first-order valence-corrected chi connectivity index (χ1v) is 11.2. The van der Waals surface area contributed by atoms with Crippen LogP contribution >= 0.6 is 22.9 Å². The zero-order valence-electron chi connectivity index (χ0n) is 14.4. The monoisotopic (exact) mass is 412 g/mol. The Hall–Kier alpha value is -1.41. The molecule has 1 unspecified atom stereocenters. The lowest BCUT2D eigenvalue weighted by Gasteiger charge is -2.26. The van der Waals surface area contributed by atoms with Crippen LogP contribution in [0.15, 0.2) is 41.3 Å². The van der Waals surface area contributed by atoms with Gasteiger partial charge in [0.05, 0.1) is 20.8 Å². The van der Waals surface area contributed by atoms with Crippen LogP contribution in [0.25, 0.3) is 0 Å². The van der Waals surface area contributed by atoms with Crippen molar-refractivity contribution in [3.8, 4) is 0 Å². The van der Waals surface area contributed by atoms with Crippen molar-refractivity contribution in [2.24, 2.45) is 0 Å². The number of hydrogen-bond acceptors (Lipinski definition) is 4. The molecule has 140 valence electrons. The van der Waals surface area contributed by atoms with Gasteiger partial charge >= 0.3 is 0 Å². The summed E-state index contributed by atoms with van der Waals surface area (Å²) in [5.41, 5.74) is 0.174. The lowest BCUT2D eigenvalue weighted by molar-refractivity contribution is 0.0937. The van der Waals surface area contributed by atoms with Crippen molar-refractivity contribution in [1.82, 2.24) is 9.62 Å².